The molecule has 0 aliphatic carbocycles. The maximum atomic E-state index is 14.1. The van der Waals surface area contributed by atoms with Crippen LogP contribution in [0, 0.1) is 19.7 Å². The van der Waals surface area contributed by atoms with Crippen LogP contribution < -0.4 is 10.2 Å². The monoisotopic (exact) mass is 379 g/mol. The predicted molar refractivity (Wildman–Crippen MR) is 112 cm³/mol. The Morgan fingerprint density at radius 2 is 1.82 bits per heavy atom. The molecule has 1 fully saturated rings. The highest BCUT2D eigenvalue weighted by atomic mass is 19.1. The molecule has 4 rings (SSSR count). The third kappa shape index (κ3) is 3.49. The summed E-state index contributed by atoms with van der Waals surface area (Å²) in [6.07, 6.45) is 3.13. The van der Waals surface area contributed by atoms with Crippen molar-refractivity contribution >= 4 is 22.5 Å². The number of carbonyl (C=O) groups is 1. The summed E-state index contributed by atoms with van der Waals surface area (Å²) in [5.74, 6) is -0.314. The fourth-order valence-electron chi connectivity index (χ4n) is 4.16. The maximum absolute atomic E-state index is 14.1. The van der Waals surface area contributed by atoms with Gasteiger partial charge in [-0.25, -0.2) is 4.39 Å². The van der Waals surface area contributed by atoms with Crippen molar-refractivity contribution in [3.63, 3.8) is 0 Å². The normalized spacial score (nSPS) is 14.0. The van der Waals surface area contributed by atoms with Crippen molar-refractivity contribution in [2.75, 3.05) is 24.5 Å². The van der Waals surface area contributed by atoms with Crippen LogP contribution in [-0.4, -0.2) is 30.5 Å². The summed E-state index contributed by atoms with van der Waals surface area (Å²) in [5, 5.41) is 3.92. The van der Waals surface area contributed by atoms with E-state index in [0.29, 0.717) is 24.0 Å². The number of benzene rings is 2. The van der Waals surface area contributed by atoms with Crippen LogP contribution in [0.3, 0.4) is 0 Å². The number of aromatic nitrogens is 1. The Hall–Kier alpha value is -2.82. The molecule has 0 radical (unpaired) electrons. The van der Waals surface area contributed by atoms with Gasteiger partial charge in [0.15, 0.2) is 0 Å². The fraction of sp³-hybridized carbons (Fsp3) is 0.348. The second-order valence-electron chi connectivity index (χ2n) is 7.59. The van der Waals surface area contributed by atoms with E-state index in [0.717, 1.165) is 35.3 Å². The summed E-state index contributed by atoms with van der Waals surface area (Å²) < 4.78 is 14.1. The molecule has 0 unspecified atom stereocenters. The predicted octanol–water partition coefficient (Wildman–Crippen LogP) is 4.50. The van der Waals surface area contributed by atoms with Gasteiger partial charge in [-0.2, -0.15) is 0 Å². The van der Waals surface area contributed by atoms with E-state index < -0.39 is 0 Å². The first kappa shape index (κ1) is 18.5. The average Bonchev–Trinajstić information content (AvgIpc) is 3.34. The number of H-pyrrole nitrogens is 1. The average molecular weight is 379 g/mol. The minimum absolute atomic E-state index is 0.0756. The number of nitrogens with zero attached hydrogens (tertiary/aromatic N) is 1. The number of nitrogens with one attached hydrogen (secondary N) is 2. The standard InChI is InChI=1S/C23H26FN3O/c1-15-5-10-20(24)22-21(15)19(16(2)26-22)11-12-25-23(28)17-6-8-18(9-7-17)27-13-3-4-14-27/h5-10,26H,3-4,11-14H2,1-2H3,(H,25,28). The highest BCUT2D eigenvalue weighted by Crippen LogP contribution is 2.28. The van der Waals surface area contributed by atoms with E-state index in [2.05, 4.69) is 15.2 Å². The first-order chi connectivity index (χ1) is 13.5. The number of amides is 1. The second kappa shape index (κ2) is 7.66. The third-order valence-electron chi connectivity index (χ3n) is 5.69. The van der Waals surface area contributed by atoms with Gasteiger partial charge in [-0.15, -0.1) is 0 Å². The SMILES string of the molecule is Cc1[nH]c2c(F)ccc(C)c2c1CCNC(=O)c1ccc(N2CCCC2)cc1. The lowest BCUT2D eigenvalue weighted by atomic mass is 10.0. The molecule has 2 heterocycles. The lowest BCUT2D eigenvalue weighted by Crippen LogP contribution is -2.26. The zero-order chi connectivity index (χ0) is 19.7. The summed E-state index contributed by atoms with van der Waals surface area (Å²) in [5.41, 5.74) is 5.46. The van der Waals surface area contributed by atoms with Crippen LogP contribution in [0.2, 0.25) is 0 Å². The van der Waals surface area contributed by atoms with Gasteiger partial charge in [-0.3, -0.25) is 4.79 Å². The van der Waals surface area contributed by atoms with Gasteiger partial charge in [0.25, 0.3) is 5.91 Å². The summed E-state index contributed by atoms with van der Waals surface area (Å²) in [6, 6.07) is 11.1. The highest BCUT2D eigenvalue weighted by Gasteiger charge is 2.15. The van der Waals surface area contributed by atoms with E-state index in [1.807, 2.05) is 38.1 Å². The lowest BCUT2D eigenvalue weighted by molar-refractivity contribution is 0.0954. The summed E-state index contributed by atoms with van der Waals surface area (Å²) in [4.78, 5) is 18.0. The van der Waals surface area contributed by atoms with E-state index >= 15 is 0 Å². The van der Waals surface area contributed by atoms with Crippen molar-refractivity contribution in [3.05, 3.63) is 64.6 Å². The molecule has 0 saturated carbocycles. The summed E-state index contributed by atoms with van der Waals surface area (Å²) in [6.45, 7) is 6.63. The number of carbonyl (C=O) groups excluding carboxylic acids is 1. The third-order valence-corrected chi connectivity index (χ3v) is 5.69. The van der Waals surface area contributed by atoms with Crippen molar-refractivity contribution in [1.29, 1.82) is 0 Å². The van der Waals surface area contributed by atoms with E-state index in [1.54, 1.807) is 6.07 Å². The van der Waals surface area contributed by atoms with Crippen LogP contribution in [0.15, 0.2) is 36.4 Å². The molecule has 146 valence electrons. The van der Waals surface area contributed by atoms with Gasteiger partial charge < -0.3 is 15.2 Å². The smallest absolute Gasteiger partial charge is 0.251 e. The van der Waals surface area contributed by atoms with E-state index in [9.17, 15) is 9.18 Å². The Balaban J connectivity index is 1.41. The van der Waals surface area contributed by atoms with Crippen LogP contribution in [0.1, 0.15) is 40.0 Å². The van der Waals surface area contributed by atoms with Gasteiger partial charge in [-0.1, -0.05) is 6.07 Å². The van der Waals surface area contributed by atoms with Crippen molar-refractivity contribution in [3.8, 4) is 0 Å². The topological polar surface area (TPSA) is 48.1 Å². The molecule has 0 atom stereocenters. The molecular weight excluding hydrogens is 353 g/mol. The maximum Gasteiger partial charge on any atom is 0.251 e. The summed E-state index contributed by atoms with van der Waals surface area (Å²) in [7, 11) is 0. The van der Waals surface area contributed by atoms with Crippen LogP contribution in [-0.2, 0) is 6.42 Å². The van der Waals surface area contributed by atoms with E-state index in [-0.39, 0.29) is 11.7 Å². The van der Waals surface area contributed by atoms with Gasteiger partial charge >= 0.3 is 0 Å². The molecule has 1 amide bonds. The molecule has 1 aliphatic rings. The lowest BCUT2D eigenvalue weighted by Gasteiger charge is -2.17. The molecular formula is C23H26FN3O. The van der Waals surface area contributed by atoms with Crippen molar-refractivity contribution in [1.82, 2.24) is 10.3 Å². The molecule has 2 N–H and O–H groups in total. The van der Waals surface area contributed by atoms with Crippen LogP contribution >= 0.6 is 0 Å². The zero-order valence-corrected chi connectivity index (χ0v) is 16.4. The zero-order valence-electron chi connectivity index (χ0n) is 16.4. The number of halogens is 1. The van der Waals surface area contributed by atoms with Gasteiger partial charge in [0.2, 0.25) is 0 Å². The molecule has 2 aromatic carbocycles. The van der Waals surface area contributed by atoms with Crippen molar-refractivity contribution < 1.29 is 9.18 Å². The van der Waals surface area contributed by atoms with Gasteiger partial charge in [0.1, 0.15) is 5.82 Å². The molecule has 1 aliphatic heterocycles. The Labute approximate surface area is 164 Å². The molecule has 0 bridgehead atoms. The van der Waals surface area contributed by atoms with E-state index in [1.165, 1.54) is 24.6 Å². The van der Waals surface area contributed by atoms with Gasteiger partial charge in [0.05, 0.1) is 5.52 Å². The number of hydrogen-bond donors (Lipinski definition) is 2. The van der Waals surface area contributed by atoms with Gasteiger partial charge in [0, 0.05) is 42.0 Å². The number of aryl methyl sites for hydroxylation is 2. The van der Waals surface area contributed by atoms with Gasteiger partial charge in [-0.05, 0) is 74.6 Å². The first-order valence-electron chi connectivity index (χ1n) is 9.94. The first-order valence-corrected chi connectivity index (χ1v) is 9.94. The number of rotatable bonds is 5. The quantitative estimate of drug-likeness (QED) is 0.686. The highest BCUT2D eigenvalue weighted by molar-refractivity contribution is 5.94. The minimum Gasteiger partial charge on any atom is -0.372 e. The molecule has 3 aromatic rings. The molecule has 1 aromatic heterocycles. The fourth-order valence-corrected chi connectivity index (χ4v) is 4.16. The molecule has 0 spiro atoms. The number of hydrogen-bond acceptors (Lipinski definition) is 2. The largest absolute Gasteiger partial charge is 0.372 e. The Morgan fingerprint density at radius 1 is 1.11 bits per heavy atom. The molecule has 4 nitrogen and oxygen atoms in total. The summed E-state index contributed by atoms with van der Waals surface area (Å²) >= 11 is 0. The van der Waals surface area contributed by atoms with E-state index in [4.69, 9.17) is 0 Å². The number of aromatic amines is 1. The Bertz CT molecular complexity index is 1000. The minimum atomic E-state index is -0.239. The molecule has 28 heavy (non-hydrogen) atoms. The molecule has 5 heteroatoms. The second-order valence-corrected chi connectivity index (χ2v) is 7.59. The molecule has 1 saturated heterocycles. The Kier molecular flexibility index (Phi) is 5.07. The van der Waals surface area contributed by atoms with Crippen molar-refractivity contribution in [2.45, 2.75) is 33.1 Å². The number of anilines is 1. The Morgan fingerprint density at radius 3 is 2.54 bits per heavy atom. The van der Waals surface area contributed by atoms with Crippen LogP contribution in [0.4, 0.5) is 10.1 Å². The van der Waals surface area contributed by atoms with Crippen molar-refractivity contribution in [2.24, 2.45) is 0 Å². The van der Waals surface area contributed by atoms with Crippen LogP contribution in [0.5, 0.6) is 0 Å². The van der Waals surface area contributed by atoms with Crippen LogP contribution in [0.25, 0.3) is 10.9 Å². The number of fused-ring (bicyclic) bond motifs is 1.